The number of carbonyl (C=O) groups is 1. The van der Waals surface area contributed by atoms with Gasteiger partial charge in [-0.1, -0.05) is 30.3 Å². The van der Waals surface area contributed by atoms with Crippen LogP contribution in [-0.2, 0) is 4.79 Å². The Morgan fingerprint density at radius 2 is 1.75 bits per heavy atom. The number of hydrogen-bond donors (Lipinski definition) is 0. The predicted molar refractivity (Wildman–Crippen MR) is 134 cm³/mol. The van der Waals surface area contributed by atoms with Gasteiger partial charge in [-0.2, -0.15) is 0 Å². The molecular weight excluding hydrogens is 460 g/mol. The summed E-state index contributed by atoms with van der Waals surface area (Å²) in [6.45, 7) is 0.316. The molecule has 2 aliphatic heterocycles. The maximum atomic E-state index is 13.7. The van der Waals surface area contributed by atoms with Gasteiger partial charge in [-0.05, 0) is 35.4 Å². The van der Waals surface area contributed by atoms with Gasteiger partial charge >= 0.3 is 5.97 Å². The SMILES string of the molecule is COc1ccc(-c2coc3c4c(cc(OC)c3c2=O)OC(=O)CC4C2=Cc3ccccc3OC2)cc1. The summed E-state index contributed by atoms with van der Waals surface area (Å²) in [5.41, 5.74) is 3.65. The molecule has 3 heterocycles. The van der Waals surface area contributed by atoms with Crippen molar-refractivity contribution < 1.29 is 28.2 Å². The molecule has 7 nitrogen and oxygen atoms in total. The maximum Gasteiger partial charge on any atom is 0.312 e. The second-order valence-electron chi connectivity index (χ2n) is 8.68. The highest BCUT2D eigenvalue weighted by atomic mass is 16.5. The third-order valence-corrected chi connectivity index (χ3v) is 6.68. The van der Waals surface area contributed by atoms with Gasteiger partial charge in [-0.15, -0.1) is 0 Å². The fourth-order valence-corrected chi connectivity index (χ4v) is 4.90. The quantitative estimate of drug-likeness (QED) is 0.287. The van der Waals surface area contributed by atoms with Gasteiger partial charge in [-0.25, -0.2) is 0 Å². The molecule has 0 fully saturated rings. The molecule has 0 bridgehead atoms. The first-order valence-corrected chi connectivity index (χ1v) is 11.5. The molecule has 0 aliphatic carbocycles. The topological polar surface area (TPSA) is 84.2 Å². The van der Waals surface area contributed by atoms with Gasteiger partial charge < -0.3 is 23.4 Å². The molecule has 1 atom stereocenters. The average Bonchev–Trinajstić information content (AvgIpc) is 2.92. The molecule has 0 N–H and O–H groups in total. The molecule has 0 amide bonds. The van der Waals surface area contributed by atoms with Crippen molar-refractivity contribution in [3.8, 4) is 34.1 Å². The normalized spacial score (nSPS) is 16.3. The summed E-state index contributed by atoms with van der Waals surface area (Å²) < 4.78 is 28.5. The zero-order valence-corrected chi connectivity index (χ0v) is 19.7. The van der Waals surface area contributed by atoms with Crippen molar-refractivity contribution in [2.45, 2.75) is 12.3 Å². The van der Waals surface area contributed by atoms with Crippen LogP contribution in [-0.4, -0.2) is 26.8 Å². The van der Waals surface area contributed by atoms with Crippen molar-refractivity contribution in [2.75, 3.05) is 20.8 Å². The number of esters is 1. The van der Waals surface area contributed by atoms with Gasteiger partial charge in [-0.3, -0.25) is 9.59 Å². The van der Waals surface area contributed by atoms with E-state index in [1.165, 1.54) is 13.4 Å². The van der Waals surface area contributed by atoms with Gasteiger partial charge in [0.05, 0.1) is 26.2 Å². The summed E-state index contributed by atoms with van der Waals surface area (Å²) in [6, 6.07) is 16.5. The fraction of sp³-hybridized carbons (Fsp3) is 0.172. The molecule has 3 aromatic carbocycles. The van der Waals surface area contributed by atoms with E-state index in [1.54, 1.807) is 37.4 Å². The van der Waals surface area contributed by atoms with Gasteiger partial charge in [0.15, 0.2) is 0 Å². The molecular formula is C29H22O7. The van der Waals surface area contributed by atoms with E-state index in [9.17, 15) is 9.59 Å². The van der Waals surface area contributed by atoms with Crippen molar-refractivity contribution in [3.05, 3.63) is 87.8 Å². The highest BCUT2D eigenvalue weighted by Gasteiger charge is 2.36. The molecule has 36 heavy (non-hydrogen) atoms. The van der Waals surface area contributed by atoms with E-state index in [1.807, 2.05) is 30.3 Å². The van der Waals surface area contributed by atoms with Gasteiger partial charge in [0.25, 0.3) is 0 Å². The Morgan fingerprint density at radius 1 is 0.944 bits per heavy atom. The van der Waals surface area contributed by atoms with Crippen LogP contribution in [0.5, 0.6) is 23.0 Å². The van der Waals surface area contributed by atoms with Crippen molar-refractivity contribution in [1.82, 2.24) is 0 Å². The van der Waals surface area contributed by atoms with Crippen molar-refractivity contribution in [1.29, 1.82) is 0 Å². The zero-order chi connectivity index (χ0) is 24.8. The number of fused-ring (bicyclic) bond motifs is 4. The molecule has 4 aromatic rings. The minimum atomic E-state index is -0.377. The average molecular weight is 482 g/mol. The molecule has 180 valence electrons. The number of benzene rings is 3. The summed E-state index contributed by atoms with van der Waals surface area (Å²) in [5.74, 6) is 1.32. The van der Waals surface area contributed by atoms with E-state index < -0.39 is 0 Å². The van der Waals surface area contributed by atoms with Crippen LogP contribution >= 0.6 is 0 Å². The van der Waals surface area contributed by atoms with Crippen LogP contribution in [0.4, 0.5) is 0 Å². The Morgan fingerprint density at radius 3 is 2.53 bits per heavy atom. The minimum Gasteiger partial charge on any atom is -0.497 e. The van der Waals surface area contributed by atoms with Gasteiger partial charge in [0.1, 0.15) is 46.8 Å². The van der Waals surface area contributed by atoms with E-state index in [0.29, 0.717) is 45.8 Å². The smallest absolute Gasteiger partial charge is 0.312 e. The lowest BCUT2D eigenvalue weighted by Gasteiger charge is -2.29. The largest absolute Gasteiger partial charge is 0.497 e. The highest BCUT2D eigenvalue weighted by Crippen LogP contribution is 2.47. The standard InChI is InChI=1S/C29H22O7/c1-32-19-9-7-16(8-10-19)21-15-35-29-26-20(18-11-17-5-3-4-6-22(17)34-14-18)12-25(30)36-24(26)13-23(33-2)27(29)28(21)31/h3-11,13,15,20H,12,14H2,1-2H3. The number of hydrogen-bond acceptors (Lipinski definition) is 7. The Kier molecular flexibility index (Phi) is 5.25. The van der Waals surface area contributed by atoms with E-state index in [2.05, 4.69) is 0 Å². The Bertz CT molecular complexity index is 1600. The van der Waals surface area contributed by atoms with Crippen LogP contribution in [0.3, 0.4) is 0 Å². The first kappa shape index (κ1) is 22.0. The van der Waals surface area contributed by atoms with Crippen molar-refractivity contribution in [3.63, 3.8) is 0 Å². The molecule has 0 saturated carbocycles. The second kappa shape index (κ2) is 8.61. The van der Waals surface area contributed by atoms with E-state index >= 15 is 0 Å². The van der Waals surface area contributed by atoms with Gasteiger partial charge in [0, 0.05) is 23.1 Å². The Hall–Kier alpha value is -4.52. The number of carbonyl (C=O) groups excluding carboxylic acids is 1. The monoisotopic (exact) mass is 482 g/mol. The number of methoxy groups -OCH3 is 2. The van der Waals surface area contributed by atoms with E-state index in [-0.39, 0.29) is 29.5 Å². The van der Waals surface area contributed by atoms with E-state index in [4.69, 9.17) is 23.4 Å². The number of rotatable bonds is 4. The van der Waals surface area contributed by atoms with E-state index in [0.717, 1.165) is 16.9 Å². The summed E-state index contributed by atoms with van der Waals surface area (Å²) in [7, 11) is 3.05. The maximum absolute atomic E-state index is 13.7. The molecule has 0 saturated heterocycles. The molecule has 1 unspecified atom stereocenters. The first-order valence-electron chi connectivity index (χ1n) is 11.5. The lowest BCUT2D eigenvalue weighted by molar-refractivity contribution is -0.135. The summed E-state index contributed by atoms with van der Waals surface area (Å²) >= 11 is 0. The summed E-state index contributed by atoms with van der Waals surface area (Å²) in [4.78, 5) is 26.3. The van der Waals surface area contributed by atoms with Crippen molar-refractivity contribution in [2.24, 2.45) is 0 Å². The fourth-order valence-electron chi connectivity index (χ4n) is 4.90. The molecule has 2 aliphatic rings. The first-order chi connectivity index (χ1) is 17.6. The molecule has 0 spiro atoms. The zero-order valence-electron chi connectivity index (χ0n) is 19.7. The third-order valence-electron chi connectivity index (χ3n) is 6.68. The summed E-state index contributed by atoms with van der Waals surface area (Å²) in [5, 5.41) is 0.297. The Balaban J connectivity index is 1.56. The molecule has 1 aromatic heterocycles. The summed E-state index contributed by atoms with van der Waals surface area (Å²) in [6.07, 6.45) is 3.59. The number of para-hydroxylation sites is 1. The molecule has 0 radical (unpaired) electrons. The lowest BCUT2D eigenvalue weighted by Crippen LogP contribution is -2.25. The van der Waals surface area contributed by atoms with Crippen LogP contribution in [0.15, 0.2) is 75.6 Å². The Labute approximate surface area is 206 Å². The number of ether oxygens (including phenoxy) is 4. The van der Waals surface area contributed by atoms with Crippen LogP contribution in [0, 0.1) is 0 Å². The minimum absolute atomic E-state index is 0.107. The predicted octanol–water partition coefficient (Wildman–Crippen LogP) is 5.35. The molecule has 7 heteroatoms. The highest BCUT2D eigenvalue weighted by molar-refractivity contribution is 5.94. The van der Waals surface area contributed by atoms with Crippen LogP contribution < -0.4 is 24.4 Å². The van der Waals surface area contributed by atoms with Crippen LogP contribution in [0.25, 0.3) is 28.2 Å². The van der Waals surface area contributed by atoms with Crippen molar-refractivity contribution >= 4 is 23.0 Å². The molecule has 6 rings (SSSR count). The lowest BCUT2D eigenvalue weighted by atomic mass is 9.83. The van der Waals surface area contributed by atoms with Crippen LogP contribution in [0.2, 0.25) is 0 Å². The van der Waals surface area contributed by atoms with Gasteiger partial charge in [0.2, 0.25) is 5.43 Å². The van der Waals surface area contributed by atoms with Crippen LogP contribution in [0.1, 0.15) is 23.5 Å². The third kappa shape index (κ3) is 3.51. The second-order valence-corrected chi connectivity index (χ2v) is 8.68.